The first-order valence-electron chi connectivity index (χ1n) is 9.65. The van der Waals surface area contributed by atoms with Crippen LogP contribution in [0.5, 0.6) is 0 Å². The van der Waals surface area contributed by atoms with E-state index < -0.39 is 0 Å². The van der Waals surface area contributed by atoms with Gasteiger partial charge in [-0.3, -0.25) is 9.69 Å². The number of hydrogen-bond donors (Lipinski definition) is 0. The average molecular weight is 369 g/mol. The summed E-state index contributed by atoms with van der Waals surface area (Å²) in [5.41, 5.74) is 3.49. The maximum atomic E-state index is 12.9. The molecule has 1 aromatic heterocycles. The quantitative estimate of drug-likeness (QED) is 0.817. The molecule has 2 aliphatic heterocycles. The maximum Gasteiger partial charge on any atom is 0.227 e. The molecule has 2 saturated heterocycles. The zero-order chi connectivity index (χ0) is 18.8. The number of carbonyl (C=O) groups excluding carboxylic acids is 1. The smallest absolute Gasteiger partial charge is 0.227 e. The first kappa shape index (κ1) is 18.1. The summed E-state index contributed by atoms with van der Waals surface area (Å²) in [7, 11) is 0. The summed E-state index contributed by atoms with van der Waals surface area (Å²) < 4.78 is 7.16. The lowest BCUT2D eigenvalue weighted by molar-refractivity contribution is -0.140. The van der Waals surface area contributed by atoms with Gasteiger partial charge in [0.15, 0.2) is 0 Å². The second-order valence-corrected chi connectivity index (χ2v) is 7.68. The van der Waals surface area contributed by atoms with Gasteiger partial charge in [0.1, 0.15) is 12.7 Å². The highest BCUT2D eigenvalue weighted by Crippen LogP contribution is 2.27. The number of likely N-dealkylation sites (tertiary alicyclic amines) is 1. The molecular formula is C20H27N5O2. The standard InChI is InChI=1S/C20H27N5O2/c1-15-9-17(3-4-19(15)25-14-21-13-22-25)11-23-10-16(2)18(12-23)20(26)24-5-7-27-8-6-24/h3-4,9,13-14,16,18H,5-8,10-12H2,1-2H3/t16-,18-/m1/s1. The number of ether oxygens (including phenoxy) is 1. The SMILES string of the molecule is Cc1cc(CN2C[C@@H](C)[C@H](C(=O)N3CCOCC3)C2)ccc1-n1cncn1. The molecule has 0 radical (unpaired) electrons. The Morgan fingerprint density at radius 1 is 1.26 bits per heavy atom. The average Bonchev–Trinajstić information content (AvgIpc) is 3.32. The summed E-state index contributed by atoms with van der Waals surface area (Å²) in [6, 6.07) is 6.44. The van der Waals surface area contributed by atoms with Crippen molar-refractivity contribution in [1.82, 2.24) is 24.6 Å². The minimum Gasteiger partial charge on any atom is -0.378 e. The van der Waals surface area contributed by atoms with E-state index >= 15 is 0 Å². The van der Waals surface area contributed by atoms with Gasteiger partial charge in [-0.1, -0.05) is 19.1 Å². The highest BCUT2D eigenvalue weighted by molar-refractivity contribution is 5.79. The van der Waals surface area contributed by atoms with Crippen LogP contribution in [0, 0.1) is 18.8 Å². The molecule has 0 N–H and O–H groups in total. The topological polar surface area (TPSA) is 63.5 Å². The Balaban J connectivity index is 1.40. The molecule has 1 aromatic carbocycles. The third kappa shape index (κ3) is 3.89. The lowest BCUT2D eigenvalue weighted by Crippen LogP contribution is -2.45. The number of aryl methyl sites for hydroxylation is 1. The number of amides is 1. The minimum atomic E-state index is 0.0959. The van der Waals surface area contributed by atoms with Crippen LogP contribution in [0.1, 0.15) is 18.1 Å². The van der Waals surface area contributed by atoms with Gasteiger partial charge in [-0.25, -0.2) is 9.67 Å². The maximum absolute atomic E-state index is 12.9. The van der Waals surface area contributed by atoms with E-state index in [1.54, 1.807) is 17.3 Å². The molecule has 0 unspecified atom stereocenters. The van der Waals surface area contributed by atoms with E-state index in [-0.39, 0.29) is 5.92 Å². The van der Waals surface area contributed by atoms with Gasteiger partial charge in [0.05, 0.1) is 24.8 Å². The van der Waals surface area contributed by atoms with E-state index in [0.29, 0.717) is 25.0 Å². The highest BCUT2D eigenvalue weighted by atomic mass is 16.5. The van der Waals surface area contributed by atoms with E-state index in [4.69, 9.17) is 4.74 Å². The molecule has 7 heteroatoms. The van der Waals surface area contributed by atoms with Gasteiger partial charge in [-0.05, 0) is 30.0 Å². The summed E-state index contributed by atoms with van der Waals surface area (Å²) in [4.78, 5) is 21.3. The van der Waals surface area contributed by atoms with Crippen LogP contribution in [0.15, 0.2) is 30.9 Å². The second kappa shape index (κ2) is 7.78. The normalized spacial score (nSPS) is 23.7. The summed E-state index contributed by atoms with van der Waals surface area (Å²) in [5.74, 6) is 0.778. The van der Waals surface area contributed by atoms with Crippen LogP contribution in [0.25, 0.3) is 5.69 Å². The Labute approximate surface area is 159 Å². The van der Waals surface area contributed by atoms with Gasteiger partial charge in [0.25, 0.3) is 0 Å². The molecule has 7 nitrogen and oxygen atoms in total. The Morgan fingerprint density at radius 3 is 2.78 bits per heavy atom. The summed E-state index contributed by atoms with van der Waals surface area (Å²) in [6.45, 7) is 9.74. The van der Waals surface area contributed by atoms with Crippen molar-refractivity contribution in [3.8, 4) is 5.69 Å². The van der Waals surface area contributed by atoms with Crippen molar-refractivity contribution < 1.29 is 9.53 Å². The van der Waals surface area contributed by atoms with Crippen molar-refractivity contribution in [2.45, 2.75) is 20.4 Å². The minimum absolute atomic E-state index is 0.0959. The third-order valence-electron chi connectivity index (χ3n) is 5.66. The Kier molecular flexibility index (Phi) is 5.22. The van der Waals surface area contributed by atoms with Gasteiger partial charge in [0, 0.05) is 32.7 Å². The summed E-state index contributed by atoms with van der Waals surface area (Å²) in [5, 5.41) is 4.21. The van der Waals surface area contributed by atoms with Crippen molar-refractivity contribution >= 4 is 5.91 Å². The number of nitrogens with zero attached hydrogens (tertiary/aromatic N) is 5. The van der Waals surface area contributed by atoms with Crippen molar-refractivity contribution in [2.75, 3.05) is 39.4 Å². The first-order valence-corrected chi connectivity index (χ1v) is 9.65. The van der Waals surface area contributed by atoms with Crippen LogP contribution in [0.2, 0.25) is 0 Å². The van der Waals surface area contributed by atoms with Crippen molar-refractivity contribution in [2.24, 2.45) is 11.8 Å². The van der Waals surface area contributed by atoms with E-state index in [2.05, 4.69) is 47.0 Å². The molecule has 4 rings (SSSR count). The van der Waals surface area contributed by atoms with E-state index in [0.717, 1.165) is 38.4 Å². The van der Waals surface area contributed by atoms with Gasteiger partial charge in [0.2, 0.25) is 5.91 Å². The molecule has 0 aliphatic carbocycles. The lowest BCUT2D eigenvalue weighted by Gasteiger charge is -2.30. The van der Waals surface area contributed by atoms with E-state index in [1.807, 2.05) is 4.90 Å². The monoisotopic (exact) mass is 369 g/mol. The van der Waals surface area contributed by atoms with Crippen LogP contribution in [0.3, 0.4) is 0 Å². The molecule has 27 heavy (non-hydrogen) atoms. The van der Waals surface area contributed by atoms with Gasteiger partial charge >= 0.3 is 0 Å². The van der Waals surface area contributed by atoms with Crippen LogP contribution >= 0.6 is 0 Å². The van der Waals surface area contributed by atoms with Crippen LogP contribution in [-0.2, 0) is 16.1 Å². The number of morpholine rings is 1. The number of rotatable bonds is 4. The number of carbonyl (C=O) groups is 1. The molecule has 3 heterocycles. The van der Waals surface area contributed by atoms with Crippen LogP contribution in [-0.4, -0.2) is 69.9 Å². The van der Waals surface area contributed by atoms with Crippen LogP contribution in [0.4, 0.5) is 0 Å². The highest BCUT2D eigenvalue weighted by Gasteiger charge is 2.37. The first-order chi connectivity index (χ1) is 13.1. The fraction of sp³-hybridized carbons (Fsp3) is 0.550. The van der Waals surface area contributed by atoms with E-state index in [9.17, 15) is 4.79 Å². The van der Waals surface area contributed by atoms with Crippen molar-refractivity contribution in [1.29, 1.82) is 0 Å². The second-order valence-electron chi connectivity index (χ2n) is 7.68. The van der Waals surface area contributed by atoms with E-state index in [1.165, 1.54) is 11.1 Å². The zero-order valence-electron chi connectivity index (χ0n) is 16.0. The number of hydrogen-bond acceptors (Lipinski definition) is 5. The molecule has 0 saturated carbocycles. The molecule has 1 amide bonds. The van der Waals surface area contributed by atoms with Gasteiger partial charge < -0.3 is 9.64 Å². The molecule has 2 fully saturated rings. The van der Waals surface area contributed by atoms with Crippen molar-refractivity contribution in [3.05, 3.63) is 42.0 Å². The largest absolute Gasteiger partial charge is 0.378 e. The predicted molar refractivity (Wildman–Crippen MR) is 101 cm³/mol. The Morgan fingerprint density at radius 2 is 2.07 bits per heavy atom. The molecule has 2 aliphatic rings. The molecule has 0 spiro atoms. The zero-order valence-corrected chi connectivity index (χ0v) is 16.0. The van der Waals surface area contributed by atoms with Gasteiger partial charge in [-0.15, -0.1) is 0 Å². The molecule has 144 valence electrons. The van der Waals surface area contributed by atoms with Crippen LogP contribution < -0.4 is 0 Å². The summed E-state index contributed by atoms with van der Waals surface area (Å²) >= 11 is 0. The Bertz CT molecular complexity index is 786. The predicted octanol–water partition coefficient (Wildman–Crippen LogP) is 1.50. The molecule has 2 aromatic rings. The fourth-order valence-electron chi connectivity index (χ4n) is 4.20. The lowest BCUT2D eigenvalue weighted by atomic mass is 9.96. The molecular weight excluding hydrogens is 342 g/mol. The van der Waals surface area contributed by atoms with Gasteiger partial charge in [-0.2, -0.15) is 5.10 Å². The Hall–Kier alpha value is -2.25. The molecule has 0 bridgehead atoms. The molecule has 2 atom stereocenters. The van der Waals surface area contributed by atoms with Crippen molar-refractivity contribution in [3.63, 3.8) is 0 Å². The number of benzene rings is 1. The number of aromatic nitrogens is 3. The fourth-order valence-corrected chi connectivity index (χ4v) is 4.20. The third-order valence-corrected chi connectivity index (χ3v) is 5.66. The summed E-state index contributed by atoms with van der Waals surface area (Å²) in [6.07, 6.45) is 3.26.